The Morgan fingerprint density at radius 1 is 0.519 bits per heavy atom. The standard InChI is InChI=1S/C18H28Cl4N2.2ClH.Ti/c19-11-5-3-6-12(20)17(11)23-15-9-1-2-10-16(15)24-18-13(21)7-4-8-14(18)22;;;/h11-18H,1-10H2;2*1H;/q-2;;;+2/p-2. The topological polar surface area (TPSA) is 28.2 Å². The molecule has 0 saturated heterocycles. The summed E-state index contributed by atoms with van der Waals surface area (Å²) in [7, 11) is 9.78. The van der Waals surface area contributed by atoms with E-state index in [0.29, 0.717) is 0 Å². The second kappa shape index (κ2) is 13.7. The van der Waals surface area contributed by atoms with Crippen molar-refractivity contribution in [3.05, 3.63) is 10.6 Å². The Bertz CT molecular complexity index is 365. The van der Waals surface area contributed by atoms with Crippen molar-refractivity contribution in [1.29, 1.82) is 0 Å². The number of alkyl halides is 4. The zero-order valence-corrected chi connectivity index (χ0v) is 21.4. The summed E-state index contributed by atoms with van der Waals surface area (Å²) in [6.45, 7) is 0. The molecule has 0 spiro atoms. The zero-order valence-electron chi connectivity index (χ0n) is 15.4. The molecule has 158 valence electrons. The summed E-state index contributed by atoms with van der Waals surface area (Å²) in [6.07, 6.45) is 10.9. The van der Waals surface area contributed by atoms with E-state index < -0.39 is 17.0 Å². The number of hydrogen-bond donors (Lipinski definition) is 0. The van der Waals surface area contributed by atoms with Crippen LogP contribution in [0.2, 0.25) is 0 Å². The van der Waals surface area contributed by atoms with E-state index in [1.807, 2.05) is 0 Å². The van der Waals surface area contributed by atoms with Crippen molar-refractivity contribution in [2.45, 2.75) is 110 Å². The van der Waals surface area contributed by atoms with Crippen molar-refractivity contribution >= 4 is 65.0 Å². The molecule has 0 aromatic carbocycles. The Kier molecular flexibility index (Phi) is 13.0. The molecule has 3 aliphatic rings. The quantitative estimate of drug-likeness (QED) is 0.259. The number of rotatable bonds is 4. The molecule has 0 amide bonds. The second-order valence-corrected chi connectivity index (χ2v) is 12.5. The van der Waals surface area contributed by atoms with Crippen LogP contribution in [0.4, 0.5) is 0 Å². The van der Waals surface area contributed by atoms with Crippen LogP contribution in [0.15, 0.2) is 0 Å². The van der Waals surface area contributed by atoms with E-state index in [-0.39, 0.29) is 45.7 Å². The molecule has 0 aromatic rings. The molecule has 0 radical (unpaired) electrons. The van der Waals surface area contributed by atoms with Gasteiger partial charge in [-0.3, -0.25) is 0 Å². The monoisotopic (exact) mass is 530 g/mol. The summed E-state index contributed by atoms with van der Waals surface area (Å²) in [5.41, 5.74) is 0. The molecule has 2 nitrogen and oxygen atoms in total. The number of hydrogen-bond acceptors (Lipinski definition) is 0. The Balaban J connectivity index is 0.000000817. The van der Waals surface area contributed by atoms with Crippen LogP contribution in [-0.2, 0) is 17.0 Å². The summed E-state index contributed by atoms with van der Waals surface area (Å²) >= 11 is 25.6. The molecular weight excluding hydrogens is 505 g/mol. The molecule has 27 heavy (non-hydrogen) atoms. The molecule has 0 heterocycles. The predicted octanol–water partition coefficient (Wildman–Crippen LogP) is 7.96. The fourth-order valence-electron chi connectivity index (χ4n) is 4.41. The Labute approximate surface area is 201 Å². The fraction of sp³-hybridized carbons (Fsp3) is 1.00. The number of halogens is 6. The molecule has 6 unspecified atom stereocenters. The Hall–Kier alpha value is 2.37. The molecule has 3 rings (SSSR count). The molecular formula is C18H28Cl6N2Ti-2. The van der Waals surface area contributed by atoms with Crippen LogP contribution in [-0.4, -0.2) is 45.7 Å². The maximum atomic E-state index is 6.53. The van der Waals surface area contributed by atoms with Crippen molar-refractivity contribution < 1.29 is 17.0 Å². The van der Waals surface area contributed by atoms with E-state index in [2.05, 4.69) is 0 Å². The van der Waals surface area contributed by atoms with Crippen LogP contribution in [0.5, 0.6) is 0 Å². The van der Waals surface area contributed by atoms with E-state index in [1.165, 1.54) is 12.8 Å². The predicted molar refractivity (Wildman–Crippen MR) is 118 cm³/mol. The van der Waals surface area contributed by atoms with Gasteiger partial charge < -0.3 is 10.6 Å². The SMILES string of the molecule is ClC1CCCC(Cl)C1[N-]C1CCCCC1[N-]C1C(Cl)CCCC1Cl.[Cl][Ti][Cl]. The Morgan fingerprint density at radius 3 is 1.11 bits per heavy atom. The van der Waals surface area contributed by atoms with Gasteiger partial charge in [0.1, 0.15) is 0 Å². The first-order chi connectivity index (χ1) is 13.0. The van der Waals surface area contributed by atoms with E-state index in [1.54, 1.807) is 0 Å². The molecule has 0 bridgehead atoms. The third-order valence-electron chi connectivity index (χ3n) is 5.82. The van der Waals surface area contributed by atoms with Crippen LogP contribution in [0.3, 0.4) is 0 Å². The van der Waals surface area contributed by atoms with E-state index in [9.17, 15) is 0 Å². The van der Waals surface area contributed by atoms with Crippen LogP contribution in [0.25, 0.3) is 10.6 Å². The molecule has 3 fully saturated rings. The first kappa shape index (κ1) is 25.6. The van der Waals surface area contributed by atoms with Gasteiger partial charge in [0.15, 0.2) is 0 Å². The van der Waals surface area contributed by atoms with Crippen LogP contribution >= 0.6 is 65.0 Å². The zero-order chi connectivity index (χ0) is 19.8. The normalized spacial score (nSPS) is 42.7. The van der Waals surface area contributed by atoms with Gasteiger partial charge in [0.25, 0.3) is 0 Å². The molecule has 3 aliphatic carbocycles. The molecule has 3 saturated carbocycles. The number of nitrogens with zero attached hydrogens (tertiary/aromatic N) is 2. The van der Waals surface area contributed by atoms with Crippen LogP contribution < -0.4 is 0 Å². The van der Waals surface area contributed by atoms with Gasteiger partial charge in [-0.15, -0.1) is 58.5 Å². The molecule has 0 aromatic heterocycles. The van der Waals surface area contributed by atoms with E-state index >= 15 is 0 Å². The average molecular weight is 533 g/mol. The van der Waals surface area contributed by atoms with Gasteiger partial charge in [-0.05, 0) is 25.7 Å². The fourth-order valence-corrected chi connectivity index (χ4v) is 6.14. The summed E-state index contributed by atoms with van der Waals surface area (Å²) in [4.78, 5) is 0. The average Bonchev–Trinajstić information content (AvgIpc) is 2.63. The third kappa shape index (κ3) is 8.10. The van der Waals surface area contributed by atoms with Gasteiger partial charge in [-0.2, -0.15) is 12.1 Å². The molecule has 0 N–H and O–H groups in total. The second-order valence-electron chi connectivity index (χ2n) is 7.70. The van der Waals surface area contributed by atoms with Gasteiger partial charge in [0.05, 0.1) is 0 Å². The first-order valence-corrected chi connectivity index (χ1v) is 15.9. The minimum absolute atomic E-state index is 0.0628. The van der Waals surface area contributed by atoms with E-state index in [0.717, 1.165) is 51.4 Å². The molecule has 6 atom stereocenters. The molecule has 9 heteroatoms. The summed E-state index contributed by atoms with van der Waals surface area (Å²) in [5.74, 6) is 0. The third-order valence-corrected chi connectivity index (χ3v) is 7.73. The Morgan fingerprint density at radius 2 is 0.815 bits per heavy atom. The van der Waals surface area contributed by atoms with Gasteiger partial charge >= 0.3 is 35.6 Å². The summed E-state index contributed by atoms with van der Waals surface area (Å²) in [6, 6.07) is 0.596. The van der Waals surface area contributed by atoms with Crippen molar-refractivity contribution in [2.24, 2.45) is 0 Å². The summed E-state index contributed by atoms with van der Waals surface area (Å²) in [5, 5.41) is 10.5. The van der Waals surface area contributed by atoms with Crippen molar-refractivity contribution in [2.75, 3.05) is 0 Å². The maximum absolute atomic E-state index is 6.53. The van der Waals surface area contributed by atoms with Crippen LogP contribution in [0.1, 0.15) is 64.2 Å². The molecule has 0 aliphatic heterocycles. The summed E-state index contributed by atoms with van der Waals surface area (Å²) < 4.78 is 0. The first-order valence-electron chi connectivity index (χ1n) is 9.90. The van der Waals surface area contributed by atoms with Gasteiger partial charge in [-0.25, -0.2) is 0 Å². The van der Waals surface area contributed by atoms with Crippen molar-refractivity contribution in [3.8, 4) is 0 Å². The van der Waals surface area contributed by atoms with Crippen LogP contribution in [0, 0.1) is 0 Å². The van der Waals surface area contributed by atoms with Crippen molar-refractivity contribution in [3.63, 3.8) is 0 Å². The van der Waals surface area contributed by atoms with Crippen molar-refractivity contribution in [1.82, 2.24) is 0 Å². The van der Waals surface area contributed by atoms with Gasteiger partial charge in [0.2, 0.25) is 0 Å². The van der Waals surface area contributed by atoms with E-state index in [4.69, 9.17) is 75.6 Å². The van der Waals surface area contributed by atoms with Gasteiger partial charge in [0, 0.05) is 21.5 Å². The minimum atomic E-state index is -0.556. The van der Waals surface area contributed by atoms with Gasteiger partial charge in [-0.1, -0.05) is 38.5 Å².